The van der Waals surface area contributed by atoms with Crippen LogP contribution in [0.1, 0.15) is 37.8 Å². The van der Waals surface area contributed by atoms with E-state index in [1.807, 2.05) is 6.92 Å². The van der Waals surface area contributed by atoms with Crippen molar-refractivity contribution in [3.05, 3.63) is 5.69 Å². The number of nitrogens with two attached hydrogens (primary N) is 1. The van der Waals surface area contributed by atoms with Gasteiger partial charge in [0.25, 0.3) is 0 Å². The summed E-state index contributed by atoms with van der Waals surface area (Å²) >= 11 is 2.77. The number of carbonyl (C=O) groups excluding carboxylic acids is 2. The van der Waals surface area contributed by atoms with Gasteiger partial charge in [-0.1, -0.05) is 30.6 Å². The Hall–Kier alpha value is -1.08. The third-order valence-electron chi connectivity index (χ3n) is 3.31. The highest BCUT2D eigenvalue weighted by Gasteiger charge is 2.22. The number of primary amides is 1. The number of rotatable bonds is 5. The Balaban J connectivity index is 1.93. The highest BCUT2D eigenvalue weighted by molar-refractivity contribution is 8.01. The molecular weight excluding hydrogens is 294 g/mol. The lowest BCUT2D eigenvalue weighted by Gasteiger charge is -2.19. The van der Waals surface area contributed by atoms with Gasteiger partial charge in [0.15, 0.2) is 5.13 Å². The number of aryl methyl sites for hydroxylation is 1. The fourth-order valence-electron chi connectivity index (χ4n) is 2.28. The summed E-state index contributed by atoms with van der Waals surface area (Å²) in [5.41, 5.74) is 5.96. The highest BCUT2D eigenvalue weighted by atomic mass is 32.2. The summed E-state index contributed by atoms with van der Waals surface area (Å²) in [4.78, 5) is 27.3. The summed E-state index contributed by atoms with van der Waals surface area (Å²) in [7, 11) is 0. The summed E-state index contributed by atoms with van der Waals surface area (Å²) in [6, 6.07) is 0. The zero-order valence-electron chi connectivity index (χ0n) is 11.5. The fourth-order valence-corrected chi connectivity index (χ4v) is 4.16. The SMILES string of the molecule is Cc1nc(NC(=O)C2CCCCC2)sc1SCC(N)=O. The maximum Gasteiger partial charge on any atom is 0.229 e. The van der Waals surface area contributed by atoms with Gasteiger partial charge in [-0.05, 0) is 19.8 Å². The molecule has 5 nitrogen and oxygen atoms in total. The van der Waals surface area contributed by atoms with Gasteiger partial charge in [0.2, 0.25) is 11.8 Å². The molecule has 2 rings (SSSR count). The molecule has 0 atom stereocenters. The number of anilines is 1. The lowest BCUT2D eigenvalue weighted by Crippen LogP contribution is -2.24. The molecule has 110 valence electrons. The molecule has 1 fully saturated rings. The number of carbonyl (C=O) groups is 2. The van der Waals surface area contributed by atoms with E-state index >= 15 is 0 Å². The molecule has 1 aliphatic carbocycles. The molecule has 0 bridgehead atoms. The molecule has 0 unspecified atom stereocenters. The second-order valence-electron chi connectivity index (χ2n) is 4.97. The van der Waals surface area contributed by atoms with Gasteiger partial charge < -0.3 is 11.1 Å². The number of hydrogen-bond acceptors (Lipinski definition) is 5. The van der Waals surface area contributed by atoms with Gasteiger partial charge in [-0.15, -0.1) is 11.8 Å². The predicted octanol–water partition coefficient (Wildman–Crippen LogP) is 2.55. The zero-order valence-corrected chi connectivity index (χ0v) is 13.1. The van der Waals surface area contributed by atoms with Crippen molar-refractivity contribution in [3.63, 3.8) is 0 Å². The molecule has 1 heterocycles. The maximum absolute atomic E-state index is 12.1. The van der Waals surface area contributed by atoms with Crippen LogP contribution in [0.4, 0.5) is 5.13 Å². The molecule has 3 N–H and O–H groups in total. The summed E-state index contributed by atoms with van der Waals surface area (Å²) < 4.78 is 0.933. The molecule has 0 aliphatic heterocycles. The smallest absolute Gasteiger partial charge is 0.229 e. The Morgan fingerprint density at radius 2 is 2.10 bits per heavy atom. The van der Waals surface area contributed by atoms with Crippen molar-refractivity contribution in [2.45, 2.75) is 43.2 Å². The molecule has 2 amide bonds. The lowest BCUT2D eigenvalue weighted by atomic mass is 9.89. The topological polar surface area (TPSA) is 85.1 Å². The molecule has 20 heavy (non-hydrogen) atoms. The normalized spacial score (nSPS) is 16.1. The van der Waals surface area contributed by atoms with Crippen LogP contribution in [0, 0.1) is 12.8 Å². The van der Waals surface area contributed by atoms with Crippen molar-refractivity contribution in [2.75, 3.05) is 11.1 Å². The first-order chi connectivity index (χ1) is 9.56. The Kier molecular flexibility index (Phi) is 5.42. The van der Waals surface area contributed by atoms with Crippen LogP contribution in [0.25, 0.3) is 0 Å². The van der Waals surface area contributed by atoms with E-state index in [4.69, 9.17) is 5.73 Å². The molecule has 1 aliphatic rings. The molecule has 1 saturated carbocycles. The van der Waals surface area contributed by atoms with E-state index in [0.29, 0.717) is 5.13 Å². The molecule has 0 saturated heterocycles. The quantitative estimate of drug-likeness (QED) is 0.818. The van der Waals surface area contributed by atoms with Gasteiger partial charge >= 0.3 is 0 Å². The second kappa shape index (κ2) is 7.08. The van der Waals surface area contributed by atoms with Crippen molar-refractivity contribution < 1.29 is 9.59 Å². The lowest BCUT2D eigenvalue weighted by molar-refractivity contribution is -0.120. The summed E-state index contributed by atoms with van der Waals surface area (Å²) in [5.74, 6) is 0.0779. The van der Waals surface area contributed by atoms with Crippen LogP contribution in [0.3, 0.4) is 0 Å². The van der Waals surface area contributed by atoms with E-state index < -0.39 is 0 Å². The molecule has 7 heteroatoms. The number of nitrogens with zero attached hydrogens (tertiary/aromatic N) is 1. The molecule has 0 radical (unpaired) electrons. The van der Waals surface area contributed by atoms with E-state index in [1.165, 1.54) is 29.5 Å². The Bertz CT molecular complexity index is 496. The molecule has 0 aromatic carbocycles. The molecule has 0 spiro atoms. The van der Waals surface area contributed by atoms with Gasteiger partial charge in [-0.2, -0.15) is 0 Å². The Morgan fingerprint density at radius 3 is 2.75 bits per heavy atom. The minimum absolute atomic E-state index is 0.0740. The number of thioether (sulfide) groups is 1. The Labute approximate surface area is 126 Å². The number of amides is 2. The molecule has 1 aromatic rings. The van der Waals surface area contributed by atoms with Gasteiger partial charge in [0.1, 0.15) is 0 Å². The number of hydrogen-bond donors (Lipinski definition) is 2. The number of nitrogens with one attached hydrogen (secondary N) is 1. The van der Waals surface area contributed by atoms with Crippen molar-refractivity contribution >= 4 is 40.0 Å². The van der Waals surface area contributed by atoms with Crippen molar-refractivity contribution in [1.82, 2.24) is 4.98 Å². The van der Waals surface area contributed by atoms with E-state index in [0.717, 1.165) is 35.6 Å². The highest BCUT2D eigenvalue weighted by Crippen LogP contribution is 2.32. The zero-order chi connectivity index (χ0) is 14.5. The van der Waals surface area contributed by atoms with E-state index in [9.17, 15) is 9.59 Å². The third-order valence-corrected chi connectivity index (χ3v) is 5.76. The minimum atomic E-state index is -0.351. The Morgan fingerprint density at radius 1 is 1.40 bits per heavy atom. The third kappa shape index (κ3) is 4.21. The second-order valence-corrected chi connectivity index (χ2v) is 7.21. The van der Waals surface area contributed by atoms with Crippen LogP contribution in [0.15, 0.2) is 4.21 Å². The standard InChI is InChI=1S/C13H19N3O2S2/c1-8-12(19-7-10(14)17)20-13(15-8)16-11(18)9-5-3-2-4-6-9/h9H,2-7H2,1H3,(H2,14,17)(H,15,16,18). The summed E-state index contributed by atoms with van der Waals surface area (Å²) in [6.07, 6.45) is 5.44. The number of aromatic nitrogens is 1. The summed E-state index contributed by atoms with van der Waals surface area (Å²) in [6.45, 7) is 1.87. The van der Waals surface area contributed by atoms with Gasteiger partial charge in [0, 0.05) is 5.92 Å². The molecular formula is C13H19N3O2S2. The van der Waals surface area contributed by atoms with Crippen LogP contribution in [-0.2, 0) is 9.59 Å². The van der Waals surface area contributed by atoms with Gasteiger partial charge in [-0.25, -0.2) is 4.98 Å². The summed E-state index contributed by atoms with van der Waals surface area (Å²) in [5, 5.41) is 3.52. The van der Waals surface area contributed by atoms with E-state index in [1.54, 1.807) is 0 Å². The first-order valence-electron chi connectivity index (χ1n) is 6.75. The monoisotopic (exact) mass is 313 g/mol. The van der Waals surface area contributed by atoms with Crippen LogP contribution in [0.5, 0.6) is 0 Å². The van der Waals surface area contributed by atoms with E-state index in [2.05, 4.69) is 10.3 Å². The average molecular weight is 313 g/mol. The first kappa shape index (κ1) is 15.3. The number of thiazole rings is 1. The average Bonchev–Trinajstić information content (AvgIpc) is 2.77. The van der Waals surface area contributed by atoms with Crippen LogP contribution < -0.4 is 11.1 Å². The molecule has 1 aromatic heterocycles. The van der Waals surface area contributed by atoms with E-state index in [-0.39, 0.29) is 23.5 Å². The van der Waals surface area contributed by atoms with Crippen molar-refractivity contribution in [1.29, 1.82) is 0 Å². The van der Waals surface area contributed by atoms with Crippen LogP contribution in [-0.4, -0.2) is 22.6 Å². The van der Waals surface area contributed by atoms with Crippen molar-refractivity contribution in [2.24, 2.45) is 11.7 Å². The van der Waals surface area contributed by atoms with Crippen LogP contribution >= 0.6 is 23.1 Å². The van der Waals surface area contributed by atoms with Gasteiger partial charge in [0.05, 0.1) is 15.7 Å². The maximum atomic E-state index is 12.1. The van der Waals surface area contributed by atoms with Crippen LogP contribution in [0.2, 0.25) is 0 Å². The largest absolute Gasteiger partial charge is 0.369 e. The predicted molar refractivity (Wildman–Crippen MR) is 82.0 cm³/mol. The first-order valence-corrected chi connectivity index (χ1v) is 8.56. The minimum Gasteiger partial charge on any atom is -0.369 e. The van der Waals surface area contributed by atoms with Gasteiger partial charge in [-0.3, -0.25) is 9.59 Å². The van der Waals surface area contributed by atoms with Crippen molar-refractivity contribution in [3.8, 4) is 0 Å². The fraction of sp³-hybridized carbons (Fsp3) is 0.615.